The molecule has 1 atom stereocenters. The highest BCUT2D eigenvalue weighted by Crippen LogP contribution is 2.33. The molecule has 0 saturated heterocycles. The van der Waals surface area contributed by atoms with E-state index in [9.17, 15) is 8.42 Å². The molecule has 1 aromatic carbocycles. The van der Waals surface area contributed by atoms with Gasteiger partial charge in [-0.05, 0) is 23.6 Å². The van der Waals surface area contributed by atoms with Gasteiger partial charge in [0.2, 0.25) is 0 Å². The Labute approximate surface area is 124 Å². The molecule has 0 fully saturated rings. The Morgan fingerprint density at radius 3 is 2.76 bits per heavy atom. The fourth-order valence-corrected chi connectivity index (χ4v) is 4.62. The first-order valence-electron chi connectivity index (χ1n) is 6.83. The van der Waals surface area contributed by atoms with Crippen LogP contribution in [0.25, 0.3) is 0 Å². The summed E-state index contributed by atoms with van der Waals surface area (Å²) in [5.41, 5.74) is 8.04. The lowest BCUT2D eigenvalue weighted by molar-refractivity contribution is 0.310. The Balaban J connectivity index is 2.06. The van der Waals surface area contributed by atoms with Crippen molar-refractivity contribution in [2.45, 2.75) is 17.5 Å². The van der Waals surface area contributed by atoms with Gasteiger partial charge < -0.3 is 5.73 Å². The minimum Gasteiger partial charge on any atom is -0.329 e. The van der Waals surface area contributed by atoms with E-state index in [-0.39, 0.29) is 17.6 Å². The molecule has 112 valence electrons. The predicted molar refractivity (Wildman–Crippen MR) is 79.0 cm³/mol. The number of hydrogen-bond donors (Lipinski definition) is 1. The van der Waals surface area contributed by atoms with E-state index in [1.165, 1.54) is 26.8 Å². The lowest BCUT2D eigenvalue weighted by Crippen LogP contribution is -2.43. The summed E-state index contributed by atoms with van der Waals surface area (Å²) in [4.78, 5) is 0. The van der Waals surface area contributed by atoms with Crippen LogP contribution in [0.2, 0.25) is 0 Å². The third-order valence-electron chi connectivity index (χ3n) is 3.94. The highest BCUT2D eigenvalue weighted by atomic mass is 32.2. The lowest BCUT2D eigenvalue weighted by atomic mass is 9.94. The average Bonchev–Trinajstić information content (AvgIpc) is 2.92. The van der Waals surface area contributed by atoms with Crippen LogP contribution in [0.1, 0.15) is 17.2 Å². The Kier molecular flexibility index (Phi) is 3.56. The molecule has 0 saturated carbocycles. The van der Waals surface area contributed by atoms with Crippen molar-refractivity contribution in [3.05, 3.63) is 47.7 Å². The molecule has 0 amide bonds. The predicted octanol–water partition coefficient (Wildman–Crippen LogP) is 0.667. The van der Waals surface area contributed by atoms with Crippen LogP contribution in [0, 0.1) is 0 Å². The van der Waals surface area contributed by atoms with Crippen molar-refractivity contribution in [2.24, 2.45) is 12.8 Å². The van der Waals surface area contributed by atoms with Crippen LogP contribution >= 0.6 is 0 Å². The molecule has 0 aliphatic carbocycles. The van der Waals surface area contributed by atoms with Gasteiger partial charge in [0.05, 0.1) is 12.2 Å². The van der Waals surface area contributed by atoms with Crippen LogP contribution in [0.4, 0.5) is 0 Å². The summed E-state index contributed by atoms with van der Waals surface area (Å²) in [7, 11) is -1.97. The van der Waals surface area contributed by atoms with Crippen LogP contribution in [-0.2, 0) is 23.5 Å². The van der Waals surface area contributed by atoms with Gasteiger partial charge in [-0.3, -0.25) is 4.68 Å². The molecular weight excluding hydrogens is 288 g/mol. The number of fused-ring (bicyclic) bond motifs is 1. The number of aryl methyl sites for hydroxylation is 1. The second-order valence-corrected chi connectivity index (χ2v) is 6.95. The maximum Gasteiger partial charge on any atom is 0.260 e. The van der Waals surface area contributed by atoms with Crippen LogP contribution < -0.4 is 5.73 Å². The topological polar surface area (TPSA) is 81.2 Å². The third-order valence-corrected chi connectivity index (χ3v) is 5.92. The fourth-order valence-electron chi connectivity index (χ4n) is 2.90. The van der Waals surface area contributed by atoms with Gasteiger partial charge in [0.25, 0.3) is 10.0 Å². The van der Waals surface area contributed by atoms with Gasteiger partial charge >= 0.3 is 0 Å². The van der Waals surface area contributed by atoms with E-state index in [4.69, 9.17) is 5.73 Å². The van der Waals surface area contributed by atoms with E-state index >= 15 is 0 Å². The van der Waals surface area contributed by atoms with Gasteiger partial charge in [0.15, 0.2) is 5.03 Å². The van der Waals surface area contributed by atoms with Gasteiger partial charge in [0, 0.05) is 20.1 Å². The number of rotatable bonds is 3. The van der Waals surface area contributed by atoms with Crippen molar-refractivity contribution >= 4 is 10.0 Å². The van der Waals surface area contributed by atoms with E-state index in [1.807, 2.05) is 24.3 Å². The molecule has 2 aromatic rings. The monoisotopic (exact) mass is 306 g/mol. The highest BCUT2D eigenvalue weighted by Gasteiger charge is 2.36. The maximum atomic E-state index is 12.9. The minimum atomic E-state index is -3.60. The number of aromatic nitrogens is 2. The second kappa shape index (κ2) is 5.25. The zero-order chi connectivity index (χ0) is 15.0. The molecule has 21 heavy (non-hydrogen) atoms. The molecule has 0 bridgehead atoms. The largest absolute Gasteiger partial charge is 0.329 e. The molecule has 6 nitrogen and oxygen atoms in total. The van der Waals surface area contributed by atoms with Crippen molar-refractivity contribution in [3.63, 3.8) is 0 Å². The number of nitrogens with two attached hydrogens (primary N) is 1. The molecule has 1 aromatic heterocycles. The smallest absolute Gasteiger partial charge is 0.260 e. The first kappa shape index (κ1) is 14.2. The van der Waals surface area contributed by atoms with E-state index in [0.717, 1.165) is 5.56 Å². The molecule has 1 aliphatic heterocycles. The van der Waals surface area contributed by atoms with Gasteiger partial charge in [-0.15, -0.1) is 0 Å². The number of hydrogen-bond acceptors (Lipinski definition) is 4. The van der Waals surface area contributed by atoms with E-state index in [1.54, 1.807) is 7.05 Å². The summed E-state index contributed by atoms with van der Waals surface area (Å²) in [6.07, 6.45) is 2.19. The summed E-state index contributed by atoms with van der Waals surface area (Å²) >= 11 is 0. The SMILES string of the molecule is Cn1nccc1S(=O)(=O)N1CCc2ccccc2C1CN. The molecule has 2 heterocycles. The molecule has 1 unspecified atom stereocenters. The number of benzene rings is 1. The maximum absolute atomic E-state index is 12.9. The van der Waals surface area contributed by atoms with Crippen molar-refractivity contribution in [2.75, 3.05) is 13.1 Å². The second-order valence-electron chi connectivity index (χ2n) is 5.11. The molecule has 0 radical (unpaired) electrons. The molecule has 3 rings (SSSR count). The Hall–Kier alpha value is -1.70. The standard InChI is InChI=1S/C14H18N4O2S/c1-17-14(6-8-16-17)21(19,20)18-9-7-11-4-2-3-5-12(11)13(18)10-15/h2-6,8,13H,7,9-10,15H2,1H3. The van der Waals surface area contributed by atoms with Gasteiger partial charge in [-0.1, -0.05) is 24.3 Å². The Morgan fingerprint density at radius 2 is 2.10 bits per heavy atom. The molecule has 1 aliphatic rings. The van der Waals surface area contributed by atoms with Crippen LogP contribution in [0.5, 0.6) is 0 Å². The van der Waals surface area contributed by atoms with Crippen molar-refractivity contribution in [1.29, 1.82) is 0 Å². The number of nitrogens with zero attached hydrogens (tertiary/aromatic N) is 3. The molecule has 2 N–H and O–H groups in total. The third kappa shape index (κ3) is 2.27. The first-order valence-corrected chi connectivity index (χ1v) is 8.27. The van der Waals surface area contributed by atoms with Gasteiger partial charge in [-0.2, -0.15) is 9.40 Å². The van der Waals surface area contributed by atoms with Crippen molar-refractivity contribution in [3.8, 4) is 0 Å². The number of sulfonamides is 1. The van der Waals surface area contributed by atoms with Crippen LogP contribution in [0.15, 0.2) is 41.6 Å². The minimum absolute atomic E-state index is 0.195. The summed E-state index contributed by atoms with van der Waals surface area (Å²) in [5, 5.41) is 4.15. The van der Waals surface area contributed by atoms with E-state index < -0.39 is 10.0 Å². The van der Waals surface area contributed by atoms with Crippen molar-refractivity contribution in [1.82, 2.24) is 14.1 Å². The highest BCUT2D eigenvalue weighted by molar-refractivity contribution is 7.89. The molecule has 7 heteroatoms. The summed E-state index contributed by atoms with van der Waals surface area (Å²) in [6, 6.07) is 9.07. The van der Waals surface area contributed by atoms with E-state index in [2.05, 4.69) is 5.10 Å². The summed E-state index contributed by atoms with van der Waals surface area (Å²) in [6.45, 7) is 0.695. The van der Waals surface area contributed by atoms with Gasteiger partial charge in [-0.25, -0.2) is 8.42 Å². The lowest BCUT2D eigenvalue weighted by Gasteiger charge is -2.35. The van der Waals surface area contributed by atoms with Crippen LogP contribution in [0.3, 0.4) is 0 Å². The molecule has 0 spiro atoms. The van der Waals surface area contributed by atoms with Crippen LogP contribution in [-0.4, -0.2) is 35.6 Å². The van der Waals surface area contributed by atoms with Gasteiger partial charge in [0.1, 0.15) is 0 Å². The normalized spacial score (nSPS) is 19.4. The van der Waals surface area contributed by atoms with E-state index in [0.29, 0.717) is 13.0 Å². The Morgan fingerprint density at radius 1 is 1.33 bits per heavy atom. The first-order chi connectivity index (χ1) is 10.1. The summed E-state index contributed by atoms with van der Waals surface area (Å²) in [5.74, 6) is 0. The zero-order valence-electron chi connectivity index (χ0n) is 11.8. The zero-order valence-corrected chi connectivity index (χ0v) is 12.6. The molecular formula is C14H18N4O2S. The van der Waals surface area contributed by atoms with Crippen molar-refractivity contribution < 1.29 is 8.42 Å². The summed E-state index contributed by atoms with van der Waals surface area (Å²) < 4.78 is 28.6. The average molecular weight is 306 g/mol. The quantitative estimate of drug-likeness (QED) is 0.903. The Bertz CT molecular complexity index is 754. The fraction of sp³-hybridized carbons (Fsp3) is 0.357.